The quantitative estimate of drug-likeness (QED) is 0.0954. The molecule has 1 aromatic rings. The lowest BCUT2D eigenvalue weighted by molar-refractivity contribution is 0.273. The van der Waals surface area contributed by atoms with E-state index in [1.54, 1.807) is 0 Å². The molecule has 0 fully saturated rings. The topological polar surface area (TPSA) is 6.48 Å². The first-order chi connectivity index (χ1) is 19.9. The third kappa shape index (κ3) is 16.7. The van der Waals surface area contributed by atoms with Crippen LogP contribution in [0.3, 0.4) is 0 Å². The highest BCUT2D eigenvalue weighted by atomic mass is 15.4. The van der Waals surface area contributed by atoms with Gasteiger partial charge in [-0.2, -0.15) is 0 Å². The maximum atomic E-state index is 2.64. The Morgan fingerprint density at radius 1 is 0.450 bits per heavy atom. The van der Waals surface area contributed by atoms with E-state index in [2.05, 4.69) is 66.4 Å². The predicted octanol–water partition coefficient (Wildman–Crippen LogP) is 12.8. The summed E-state index contributed by atoms with van der Waals surface area (Å²) >= 11 is 0. The van der Waals surface area contributed by atoms with Crippen molar-refractivity contribution in [2.45, 2.75) is 187 Å². The van der Waals surface area contributed by atoms with E-state index in [0.29, 0.717) is 6.17 Å². The zero-order chi connectivity index (χ0) is 28.4. The molecule has 0 N–H and O–H groups in total. The fourth-order valence-corrected chi connectivity index (χ4v) is 6.38. The molecule has 230 valence electrons. The minimum atomic E-state index is 0.503. The fourth-order valence-electron chi connectivity index (χ4n) is 6.38. The average Bonchev–Trinajstić information content (AvgIpc) is 3.39. The highest BCUT2D eigenvalue weighted by molar-refractivity contribution is 5.51. The number of benzene rings is 1. The molecule has 0 bridgehead atoms. The van der Waals surface area contributed by atoms with Crippen molar-refractivity contribution >= 4 is 5.69 Å². The van der Waals surface area contributed by atoms with Crippen molar-refractivity contribution < 1.29 is 0 Å². The van der Waals surface area contributed by atoms with Crippen molar-refractivity contribution in [3.63, 3.8) is 0 Å². The van der Waals surface area contributed by atoms with Crippen LogP contribution >= 0.6 is 0 Å². The second kappa shape index (κ2) is 25.3. The molecule has 40 heavy (non-hydrogen) atoms. The lowest BCUT2D eigenvalue weighted by Crippen LogP contribution is -2.39. The van der Waals surface area contributed by atoms with Crippen LogP contribution in [0.5, 0.6) is 0 Å². The molecule has 1 unspecified atom stereocenters. The SMILES string of the molecule is CCCCCCCCCCCCCCCCC1N(CCCCCCCCCCCCC)C=CN1c1ccccc1. The van der Waals surface area contributed by atoms with Gasteiger partial charge in [0.15, 0.2) is 0 Å². The van der Waals surface area contributed by atoms with Crippen LogP contribution in [0.4, 0.5) is 5.69 Å². The van der Waals surface area contributed by atoms with E-state index in [9.17, 15) is 0 Å². The van der Waals surface area contributed by atoms with Gasteiger partial charge >= 0.3 is 0 Å². The Balaban J connectivity index is 1.55. The van der Waals surface area contributed by atoms with Crippen LogP contribution in [-0.4, -0.2) is 17.6 Å². The van der Waals surface area contributed by atoms with Gasteiger partial charge in [-0.3, -0.25) is 0 Å². The number of hydrogen-bond donors (Lipinski definition) is 0. The van der Waals surface area contributed by atoms with Gasteiger partial charge in [0.2, 0.25) is 0 Å². The average molecular weight is 553 g/mol. The second-order valence-electron chi connectivity index (χ2n) is 12.7. The Bertz CT molecular complexity index is 684. The molecule has 1 atom stereocenters. The first kappa shape index (κ1) is 34.8. The first-order valence-corrected chi connectivity index (χ1v) is 18.1. The molecular weight excluding hydrogens is 484 g/mol. The molecule has 1 aliphatic heterocycles. The smallest absolute Gasteiger partial charge is 0.105 e. The largest absolute Gasteiger partial charge is 0.356 e. The molecule has 0 aromatic heterocycles. The fraction of sp³-hybridized carbons (Fsp3) is 0.789. The molecule has 0 aliphatic carbocycles. The van der Waals surface area contributed by atoms with Crippen LogP contribution in [0.15, 0.2) is 42.7 Å². The summed E-state index contributed by atoms with van der Waals surface area (Å²) in [5.74, 6) is 0. The minimum Gasteiger partial charge on any atom is -0.356 e. The molecule has 2 nitrogen and oxygen atoms in total. The van der Waals surface area contributed by atoms with E-state index in [1.165, 1.54) is 179 Å². The van der Waals surface area contributed by atoms with Crippen LogP contribution < -0.4 is 4.90 Å². The van der Waals surface area contributed by atoms with Crippen molar-refractivity contribution in [1.82, 2.24) is 4.90 Å². The maximum Gasteiger partial charge on any atom is 0.105 e. The molecular formula is C38H68N2. The van der Waals surface area contributed by atoms with Gasteiger partial charge in [-0.05, 0) is 31.4 Å². The van der Waals surface area contributed by atoms with Crippen molar-refractivity contribution in [3.8, 4) is 0 Å². The number of anilines is 1. The van der Waals surface area contributed by atoms with Crippen LogP contribution in [-0.2, 0) is 0 Å². The van der Waals surface area contributed by atoms with Crippen LogP contribution in [0.25, 0.3) is 0 Å². The normalized spacial score (nSPS) is 15.0. The van der Waals surface area contributed by atoms with Gasteiger partial charge in [-0.25, -0.2) is 0 Å². The Morgan fingerprint density at radius 2 is 0.850 bits per heavy atom. The van der Waals surface area contributed by atoms with Crippen molar-refractivity contribution in [1.29, 1.82) is 0 Å². The monoisotopic (exact) mass is 553 g/mol. The van der Waals surface area contributed by atoms with Gasteiger partial charge in [-0.15, -0.1) is 0 Å². The third-order valence-corrected chi connectivity index (χ3v) is 9.01. The number of unbranched alkanes of at least 4 members (excludes halogenated alkanes) is 23. The van der Waals surface area contributed by atoms with E-state index in [0.717, 1.165) is 0 Å². The van der Waals surface area contributed by atoms with Crippen LogP contribution in [0, 0.1) is 0 Å². The molecule has 1 aromatic carbocycles. The molecule has 2 heteroatoms. The number of hydrogen-bond acceptors (Lipinski definition) is 2. The zero-order valence-electron chi connectivity index (χ0n) is 27.1. The molecule has 0 radical (unpaired) electrons. The first-order valence-electron chi connectivity index (χ1n) is 18.1. The second-order valence-corrected chi connectivity index (χ2v) is 12.7. The summed E-state index contributed by atoms with van der Waals surface area (Å²) in [6, 6.07) is 11.0. The summed E-state index contributed by atoms with van der Waals surface area (Å²) in [6.45, 7) is 5.82. The van der Waals surface area contributed by atoms with Gasteiger partial charge in [0.25, 0.3) is 0 Å². The Hall–Kier alpha value is -1.44. The molecule has 1 aliphatic rings. The highest BCUT2D eigenvalue weighted by Crippen LogP contribution is 2.28. The number of nitrogens with zero attached hydrogens (tertiary/aromatic N) is 2. The van der Waals surface area contributed by atoms with Crippen molar-refractivity contribution in [3.05, 3.63) is 42.7 Å². The van der Waals surface area contributed by atoms with Crippen molar-refractivity contribution in [2.75, 3.05) is 11.4 Å². The minimum absolute atomic E-state index is 0.503. The van der Waals surface area contributed by atoms with E-state index >= 15 is 0 Å². The number of para-hydroxylation sites is 1. The third-order valence-electron chi connectivity index (χ3n) is 9.01. The molecule has 0 saturated carbocycles. The standard InChI is InChI=1S/C38H68N2/c1-3-5-7-9-11-13-15-16-17-18-20-22-24-29-33-38-39(35-36-40(38)37-31-27-26-28-32-37)34-30-25-23-21-19-14-12-10-8-6-4-2/h26-28,31-32,35-36,38H,3-25,29-30,33-34H2,1-2H3. The zero-order valence-corrected chi connectivity index (χ0v) is 27.1. The molecule has 0 saturated heterocycles. The Morgan fingerprint density at radius 3 is 1.30 bits per heavy atom. The molecule has 0 spiro atoms. The summed E-state index contributed by atoms with van der Waals surface area (Å²) < 4.78 is 0. The lowest BCUT2D eigenvalue weighted by atomic mass is 10.0. The predicted molar refractivity (Wildman–Crippen MR) is 180 cm³/mol. The maximum absolute atomic E-state index is 2.64. The van der Waals surface area contributed by atoms with Crippen molar-refractivity contribution in [2.24, 2.45) is 0 Å². The molecule has 0 amide bonds. The Labute approximate surface area is 251 Å². The summed E-state index contributed by atoms with van der Waals surface area (Å²) in [7, 11) is 0. The van der Waals surface area contributed by atoms with E-state index in [4.69, 9.17) is 0 Å². The lowest BCUT2D eigenvalue weighted by Gasteiger charge is -2.33. The summed E-state index contributed by atoms with van der Waals surface area (Å²) in [5.41, 5.74) is 1.34. The summed E-state index contributed by atoms with van der Waals surface area (Å²) in [4.78, 5) is 5.17. The van der Waals surface area contributed by atoms with Gasteiger partial charge in [0.1, 0.15) is 6.17 Å². The van der Waals surface area contributed by atoms with E-state index < -0.39 is 0 Å². The van der Waals surface area contributed by atoms with Crippen LogP contribution in [0.1, 0.15) is 181 Å². The number of rotatable bonds is 28. The van der Waals surface area contributed by atoms with E-state index in [1.807, 2.05) is 0 Å². The van der Waals surface area contributed by atoms with Gasteiger partial charge < -0.3 is 9.80 Å². The molecule has 1 heterocycles. The molecule has 2 rings (SSSR count). The van der Waals surface area contributed by atoms with E-state index in [-0.39, 0.29) is 0 Å². The summed E-state index contributed by atoms with van der Waals surface area (Å²) in [6.07, 6.45) is 42.1. The summed E-state index contributed by atoms with van der Waals surface area (Å²) in [5, 5.41) is 0. The van der Waals surface area contributed by atoms with Crippen LogP contribution in [0.2, 0.25) is 0 Å². The highest BCUT2D eigenvalue weighted by Gasteiger charge is 2.26. The van der Waals surface area contributed by atoms with Gasteiger partial charge in [0, 0.05) is 24.6 Å². The Kier molecular flexibility index (Phi) is 22.0. The van der Waals surface area contributed by atoms with Gasteiger partial charge in [-0.1, -0.05) is 180 Å². The van der Waals surface area contributed by atoms with Gasteiger partial charge in [0.05, 0.1) is 0 Å².